The zero-order valence-electron chi connectivity index (χ0n) is 11.2. The van der Waals surface area contributed by atoms with Crippen molar-refractivity contribution < 1.29 is 30.7 Å². The standard InChI is InChI=1S/C14H10F4O3S/c1-21-12-7-6-9(8-11(12)15)10-4-2-3-5-13(10)22(19,20)14(16,17)18/h2-8H,1H3. The van der Waals surface area contributed by atoms with Crippen LogP contribution >= 0.6 is 0 Å². The van der Waals surface area contributed by atoms with Crippen LogP contribution in [0.3, 0.4) is 0 Å². The average molecular weight is 334 g/mol. The lowest BCUT2D eigenvalue weighted by Crippen LogP contribution is -2.23. The van der Waals surface area contributed by atoms with Crippen LogP contribution in [0.15, 0.2) is 47.4 Å². The Morgan fingerprint density at radius 1 is 1.05 bits per heavy atom. The first-order chi connectivity index (χ1) is 10.2. The maximum absolute atomic E-state index is 13.7. The summed E-state index contributed by atoms with van der Waals surface area (Å²) in [6, 6.07) is 7.97. The lowest BCUT2D eigenvalue weighted by atomic mass is 10.1. The molecule has 0 bridgehead atoms. The molecule has 2 aromatic rings. The van der Waals surface area contributed by atoms with Crippen molar-refractivity contribution in [3.63, 3.8) is 0 Å². The van der Waals surface area contributed by atoms with Crippen molar-refractivity contribution in [2.75, 3.05) is 7.11 Å². The Kier molecular flexibility index (Phi) is 4.15. The van der Waals surface area contributed by atoms with E-state index in [4.69, 9.17) is 4.74 Å². The maximum Gasteiger partial charge on any atom is 0.501 e. The highest BCUT2D eigenvalue weighted by atomic mass is 32.2. The molecule has 0 atom stereocenters. The van der Waals surface area contributed by atoms with Crippen LogP contribution in [-0.2, 0) is 9.84 Å². The smallest absolute Gasteiger partial charge is 0.494 e. The number of hydrogen-bond acceptors (Lipinski definition) is 3. The quantitative estimate of drug-likeness (QED) is 0.802. The second-order valence-electron chi connectivity index (χ2n) is 4.29. The van der Waals surface area contributed by atoms with Crippen molar-refractivity contribution in [1.29, 1.82) is 0 Å². The zero-order valence-corrected chi connectivity index (χ0v) is 12.0. The highest BCUT2D eigenvalue weighted by Gasteiger charge is 2.47. The van der Waals surface area contributed by atoms with Gasteiger partial charge in [0.05, 0.1) is 12.0 Å². The van der Waals surface area contributed by atoms with Gasteiger partial charge in [-0.3, -0.25) is 0 Å². The first kappa shape index (κ1) is 16.3. The summed E-state index contributed by atoms with van der Waals surface area (Å²) >= 11 is 0. The molecule has 0 N–H and O–H groups in total. The molecule has 0 saturated carbocycles. The van der Waals surface area contributed by atoms with Gasteiger partial charge in [0.25, 0.3) is 9.84 Å². The average Bonchev–Trinajstić information content (AvgIpc) is 2.46. The third-order valence-electron chi connectivity index (χ3n) is 2.94. The predicted octanol–water partition coefficient (Wildman–Crippen LogP) is 3.79. The van der Waals surface area contributed by atoms with E-state index in [0.717, 1.165) is 12.1 Å². The number of sulfone groups is 1. The predicted molar refractivity (Wildman–Crippen MR) is 71.6 cm³/mol. The maximum atomic E-state index is 13.7. The number of ether oxygens (including phenoxy) is 1. The molecule has 0 spiro atoms. The van der Waals surface area contributed by atoms with E-state index in [1.54, 1.807) is 0 Å². The zero-order chi connectivity index (χ0) is 16.5. The van der Waals surface area contributed by atoms with Crippen LogP contribution in [0, 0.1) is 5.82 Å². The minimum Gasteiger partial charge on any atom is -0.494 e. The highest BCUT2D eigenvalue weighted by molar-refractivity contribution is 7.92. The van der Waals surface area contributed by atoms with Crippen molar-refractivity contribution in [1.82, 2.24) is 0 Å². The monoisotopic (exact) mass is 334 g/mol. The first-order valence-corrected chi connectivity index (χ1v) is 7.41. The molecular weight excluding hydrogens is 324 g/mol. The van der Waals surface area contributed by atoms with Gasteiger partial charge < -0.3 is 4.74 Å². The van der Waals surface area contributed by atoms with Crippen LogP contribution in [0.2, 0.25) is 0 Å². The molecule has 3 nitrogen and oxygen atoms in total. The van der Waals surface area contributed by atoms with Crippen LogP contribution < -0.4 is 4.74 Å². The molecule has 0 radical (unpaired) electrons. The van der Waals surface area contributed by atoms with Crippen LogP contribution in [0.1, 0.15) is 0 Å². The number of alkyl halides is 3. The van der Waals surface area contributed by atoms with Crippen molar-refractivity contribution >= 4 is 9.84 Å². The Bertz CT molecular complexity index is 798. The molecule has 0 aliphatic carbocycles. The summed E-state index contributed by atoms with van der Waals surface area (Å²) in [4.78, 5) is -0.924. The van der Waals surface area contributed by atoms with E-state index in [2.05, 4.69) is 0 Å². The molecule has 0 fully saturated rings. The summed E-state index contributed by atoms with van der Waals surface area (Å²) < 4.78 is 79.8. The van der Waals surface area contributed by atoms with Gasteiger partial charge in [-0.2, -0.15) is 13.2 Å². The molecule has 2 aromatic carbocycles. The van der Waals surface area contributed by atoms with Crippen molar-refractivity contribution in [3.05, 3.63) is 48.3 Å². The molecule has 0 heterocycles. The minimum atomic E-state index is -5.54. The molecule has 0 unspecified atom stereocenters. The SMILES string of the molecule is COc1ccc(-c2ccccc2S(=O)(=O)C(F)(F)F)cc1F. The lowest BCUT2D eigenvalue weighted by Gasteiger charge is -2.13. The fourth-order valence-electron chi connectivity index (χ4n) is 1.90. The van der Waals surface area contributed by atoms with Crippen molar-refractivity contribution in [3.8, 4) is 16.9 Å². The van der Waals surface area contributed by atoms with Gasteiger partial charge in [0.2, 0.25) is 0 Å². The third kappa shape index (κ3) is 2.78. The van der Waals surface area contributed by atoms with E-state index in [1.807, 2.05) is 0 Å². The second kappa shape index (κ2) is 5.60. The Labute approximate surface area is 124 Å². The van der Waals surface area contributed by atoms with E-state index in [9.17, 15) is 26.0 Å². The van der Waals surface area contributed by atoms with Crippen molar-refractivity contribution in [2.45, 2.75) is 10.4 Å². The van der Waals surface area contributed by atoms with Crippen LogP contribution in [0.4, 0.5) is 17.6 Å². The van der Waals surface area contributed by atoms with Gasteiger partial charge in [0.15, 0.2) is 11.6 Å². The lowest BCUT2D eigenvalue weighted by molar-refractivity contribution is -0.0435. The minimum absolute atomic E-state index is 0.00160. The summed E-state index contributed by atoms with van der Waals surface area (Å²) in [5, 5.41) is 0. The molecule has 22 heavy (non-hydrogen) atoms. The fraction of sp³-hybridized carbons (Fsp3) is 0.143. The second-order valence-corrected chi connectivity index (χ2v) is 6.20. The Morgan fingerprint density at radius 3 is 2.23 bits per heavy atom. The first-order valence-electron chi connectivity index (χ1n) is 5.93. The molecule has 8 heteroatoms. The molecule has 0 aliphatic heterocycles. The number of rotatable bonds is 3. The molecule has 2 rings (SSSR count). The summed E-state index contributed by atoms with van der Waals surface area (Å²) in [5.74, 6) is -0.904. The van der Waals surface area contributed by atoms with Crippen molar-refractivity contribution in [2.24, 2.45) is 0 Å². The van der Waals surface area contributed by atoms with E-state index in [1.165, 1.54) is 37.4 Å². The van der Waals surface area contributed by atoms with E-state index < -0.39 is 26.1 Å². The van der Waals surface area contributed by atoms with Gasteiger partial charge in [-0.15, -0.1) is 0 Å². The normalized spacial score (nSPS) is 12.2. The van der Waals surface area contributed by atoms with E-state index >= 15 is 0 Å². The van der Waals surface area contributed by atoms with E-state index in [-0.39, 0.29) is 16.9 Å². The highest BCUT2D eigenvalue weighted by Crippen LogP contribution is 2.37. The Balaban J connectivity index is 2.67. The number of methoxy groups -OCH3 is 1. The van der Waals surface area contributed by atoms with Gasteiger partial charge in [-0.25, -0.2) is 12.8 Å². The number of benzene rings is 2. The van der Waals surface area contributed by atoms with Crippen LogP contribution in [-0.4, -0.2) is 21.0 Å². The summed E-state index contributed by atoms with van der Waals surface area (Å²) in [5.41, 5.74) is -5.67. The molecule has 0 saturated heterocycles. The van der Waals surface area contributed by atoms with Crippen LogP contribution in [0.5, 0.6) is 5.75 Å². The van der Waals surface area contributed by atoms with Gasteiger partial charge in [-0.1, -0.05) is 24.3 Å². The van der Waals surface area contributed by atoms with Gasteiger partial charge >= 0.3 is 5.51 Å². The topological polar surface area (TPSA) is 43.4 Å². The molecule has 118 valence electrons. The summed E-state index contributed by atoms with van der Waals surface area (Å²) in [7, 11) is -4.30. The Hall–Kier alpha value is -2.09. The molecule has 0 amide bonds. The molecule has 0 aromatic heterocycles. The third-order valence-corrected chi connectivity index (χ3v) is 4.49. The fourth-order valence-corrected chi connectivity index (χ4v) is 2.88. The number of hydrogen-bond donors (Lipinski definition) is 0. The van der Waals surface area contributed by atoms with Gasteiger partial charge in [-0.05, 0) is 23.8 Å². The van der Waals surface area contributed by atoms with Gasteiger partial charge in [0, 0.05) is 5.56 Å². The molecule has 0 aliphatic rings. The van der Waals surface area contributed by atoms with Gasteiger partial charge in [0.1, 0.15) is 0 Å². The van der Waals surface area contributed by atoms with E-state index in [0.29, 0.717) is 0 Å². The summed E-state index contributed by atoms with van der Waals surface area (Å²) in [6.45, 7) is 0. The summed E-state index contributed by atoms with van der Waals surface area (Å²) in [6.07, 6.45) is 0. The number of halogens is 4. The largest absolute Gasteiger partial charge is 0.501 e. The van der Waals surface area contributed by atoms with Crippen LogP contribution in [0.25, 0.3) is 11.1 Å². The molecular formula is C14H10F4O3S. The Morgan fingerprint density at radius 2 is 1.68 bits per heavy atom.